The van der Waals surface area contributed by atoms with E-state index in [4.69, 9.17) is 0 Å². The molecule has 0 saturated heterocycles. The zero-order valence-corrected chi connectivity index (χ0v) is 14.0. The Balaban J connectivity index is -0.000000192. The molecule has 93 valence electrons. The summed E-state index contributed by atoms with van der Waals surface area (Å²) in [5.41, 5.74) is 1.37. The zero-order chi connectivity index (χ0) is 11.4. The molecule has 0 heterocycles. The van der Waals surface area contributed by atoms with E-state index in [1.54, 1.807) is 20.0 Å². The van der Waals surface area contributed by atoms with Gasteiger partial charge in [-0.3, -0.25) is 6.08 Å². The molecule has 2 rings (SSSR count). The molecule has 0 bridgehead atoms. The van der Waals surface area contributed by atoms with Crippen LogP contribution in [0.3, 0.4) is 0 Å². The minimum absolute atomic E-state index is 0. The summed E-state index contributed by atoms with van der Waals surface area (Å²) in [7, 11) is 2.69. The third-order valence-corrected chi connectivity index (χ3v) is 2.14. The number of allylic oxidation sites excluding steroid dienone is 4. The molecule has 0 spiro atoms. The number of rotatable bonds is 1. The number of benzene rings is 1. The molecule has 4 heteroatoms. The van der Waals surface area contributed by atoms with E-state index in [1.165, 1.54) is 5.56 Å². The quantitative estimate of drug-likeness (QED) is 0.413. The van der Waals surface area contributed by atoms with Crippen LogP contribution >= 0.6 is 34.1 Å². The molecule has 0 aromatic heterocycles. The van der Waals surface area contributed by atoms with Gasteiger partial charge in [0, 0.05) is 0 Å². The van der Waals surface area contributed by atoms with Gasteiger partial charge < -0.3 is 0 Å². The van der Waals surface area contributed by atoms with Crippen LogP contribution in [0.1, 0.15) is 12.0 Å². The van der Waals surface area contributed by atoms with Crippen LogP contribution in [0.2, 0.25) is 0 Å². The third-order valence-electron chi connectivity index (χ3n) is 1.66. The second-order valence-electron chi connectivity index (χ2n) is 2.69. The fraction of sp³-hybridized carbons (Fsp3) is 0.154. The van der Waals surface area contributed by atoms with Crippen molar-refractivity contribution in [1.82, 2.24) is 0 Å². The molecule has 17 heavy (non-hydrogen) atoms. The van der Waals surface area contributed by atoms with Gasteiger partial charge in [0.15, 0.2) is 0 Å². The van der Waals surface area contributed by atoms with E-state index in [9.17, 15) is 0 Å². The van der Waals surface area contributed by atoms with Gasteiger partial charge in [0.05, 0.1) is 0 Å². The summed E-state index contributed by atoms with van der Waals surface area (Å²) in [6.07, 6.45) is 11.1. The first-order valence-electron chi connectivity index (χ1n) is 4.74. The summed E-state index contributed by atoms with van der Waals surface area (Å²) >= 11 is 1.75. The molecule has 0 amide bonds. The van der Waals surface area contributed by atoms with Crippen molar-refractivity contribution in [2.75, 3.05) is 0 Å². The number of hydrogen-bond acceptors (Lipinski definition) is 0. The van der Waals surface area contributed by atoms with Crippen LogP contribution in [0.5, 0.6) is 0 Å². The van der Waals surface area contributed by atoms with E-state index in [0.29, 0.717) is 0 Å². The maximum absolute atomic E-state index is 3.25. The summed E-state index contributed by atoms with van der Waals surface area (Å²) in [5, 5.41) is 0. The Morgan fingerprint density at radius 3 is 2.00 bits per heavy atom. The van der Waals surface area contributed by atoms with Crippen LogP contribution in [-0.2, 0) is 26.1 Å². The Morgan fingerprint density at radius 1 is 1.18 bits per heavy atom. The second-order valence-corrected chi connectivity index (χ2v) is 3.10. The van der Waals surface area contributed by atoms with Gasteiger partial charge in [0.1, 0.15) is 0 Å². The van der Waals surface area contributed by atoms with E-state index in [1.807, 2.05) is 18.2 Å². The van der Waals surface area contributed by atoms with Gasteiger partial charge in [-0.05, 0) is 11.7 Å². The maximum atomic E-state index is 3.25. The van der Waals surface area contributed by atoms with Crippen molar-refractivity contribution in [3.05, 3.63) is 60.2 Å². The Hall–Kier alpha value is 0.294. The first-order chi connectivity index (χ1) is 7.43. The molecular weight excluding hydrogens is 306 g/mol. The summed E-state index contributed by atoms with van der Waals surface area (Å²) in [6, 6.07) is 10.4. The van der Waals surface area contributed by atoms with E-state index in [-0.39, 0.29) is 24.8 Å². The predicted molar refractivity (Wildman–Crippen MR) is 83.0 cm³/mol. The molecule has 0 saturated carbocycles. The zero-order valence-electron chi connectivity index (χ0n) is 9.63. The summed E-state index contributed by atoms with van der Waals surface area (Å²) in [6.45, 7) is 0. The number of hydrogen-bond donors (Lipinski definition) is 0. The fourth-order valence-corrected chi connectivity index (χ4v) is 1.23. The van der Waals surface area contributed by atoms with Crippen molar-refractivity contribution in [2.24, 2.45) is 0 Å². The normalized spacial score (nSPS) is 9.82. The van der Waals surface area contributed by atoms with Gasteiger partial charge in [0.25, 0.3) is 0 Å². The van der Waals surface area contributed by atoms with Crippen LogP contribution in [0.15, 0.2) is 48.6 Å². The Kier molecular flexibility index (Phi) is 24.7. The third kappa shape index (κ3) is 14.2. The van der Waals surface area contributed by atoms with Gasteiger partial charge in [-0.15, -0.1) is 40.5 Å². The van der Waals surface area contributed by atoms with Gasteiger partial charge in [-0.1, -0.05) is 30.3 Å². The van der Waals surface area contributed by atoms with E-state index < -0.39 is 0 Å². The van der Waals surface area contributed by atoms with Gasteiger partial charge in [-0.25, -0.2) is 12.2 Å². The molecule has 1 aliphatic carbocycles. The SMILES string of the molecule is Cl.Cl.PCc1ccccc1.[C-]1=CC=CC1.[CH2]=[Ti+]. The first kappa shape index (κ1) is 22.5. The van der Waals surface area contributed by atoms with Crippen molar-refractivity contribution < 1.29 is 20.0 Å². The molecule has 1 unspecified atom stereocenters. The average molecular weight is 324 g/mol. The van der Waals surface area contributed by atoms with Gasteiger partial charge in [-0.2, -0.15) is 6.08 Å². The van der Waals surface area contributed by atoms with Crippen molar-refractivity contribution in [3.8, 4) is 0 Å². The Morgan fingerprint density at radius 2 is 1.76 bits per heavy atom. The van der Waals surface area contributed by atoms with Crippen LogP contribution in [0, 0.1) is 6.08 Å². The van der Waals surface area contributed by atoms with Crippen LogP contribution in [0.4, 0.5) is 0 Å². The van der Waals surface area contributed by atoms with Crippen molar-refractivity contribution in [2.45, 2.75) is 12.6 Å². The monoisotopic (exact) mass is 323 g/mol. The molecule has 1 aromatic rings. The predicted octanol–water partition coefficient (Wildman–Crippen LogP) is 4.18. The van der Waals surface area contributed by atoms with Crippen molar-refractivity contribution in [3.63, 3.8) is 0 Å². The average Bonchev–Trinajstić information content (AvgIpc) is 2.92. The summed E-state index contributed by atoms with van der Waals surface area (Å²) < 4.78 is 0. The molecule has 0 N–H and O–H groups in total. The van der Waals surface area contributed by atoms with Crippen LogP contribution < -0.4 is 0 Å². The number of halogens is 2. The first-order valence-corrected chi connectivity index (χ1v) is 6.66. The molecule has 1 atom stereocenters. The van der Waals surface area contributed by atoms with E-state index in [2.05, 4.69) is 50.5 Å². The van der Waals surface area contributed by atoms with Gasteiger partial charge in [0.2, 0.25) is 0 Å². The summed E-state index contributed by atoms with van der Waals surface area (Å²) in [5.74, 6) is 0. The van der Waals surface area contributed by atoms with Gasteiger partial charge >= 0.3 is 24.8 Å². The van der Waals surface area contributed by atoms with E-state index in [0.717, 1.165) is 12.6 Å². The molecule has 0 aliphatic heterocycles. The molecule has 1 aliphatic rings. The van der Waals surface area contributed by atoms with Crippen molar-refractivity contribution >= 4 is 38.9 Å². The Labute approximate surface area is 131 Å². The standard InChI is InChI=1S/C7H9P.C5H5.CH2.2ClH.Ti/c8-6-7-4-2-1-3-5-7;1-2-4-5-3-1;;;;/h1-5H,6,8H2;1-3H,4H2;1H2;2*1H;/q;-1;;;;+1. The van der Waals surface area contributed by atoms with Crippen LogP contribution in [-0.4, -0.2) is 4.82 Å². The topological polar surface area (TPSA) is 0 Å². The molecule has 0 radical (unpaired) electrons. The Bertz CT molecular complexity index is 290. The second kappa shape index (κ2) is 18.7. The minimum atomic E-state index is 0. The molecule has 0 fully saturated rings. The fourth-order valence-electron chi connectivity index (χ4n) is 0.954. The van der Waals surface area contributed by atoms with Crippen molar-refractivity contribution in [1.29, 1.82) is 0 Å². The molecule has 0 nitrogen and oxygen atoms in total. The van der Waals surface area contributed by atoms with Crippen LogP contribution in [0.25, 0.3) is 0 Å². The van der Waals surface area contributed by atoms with E-state index >= 15 is 0 Å². The molecule has 1 aromatic carbocycles. The summed E-state index contributed by atoms with van der Waals surface area (Å²) in [4.78, 5) is 3.25. The molecular formula is C13H18Cl2PTi.